The van der Waals surface area contributed by atoms with Crippen molar-refractivity contribution >= 4 is 27.4 Å². The van der Waals surface area contributed by atoms with E-state index in [2.05, 4.69) is 5.32 Å². The summed E-state index contributed by atoms with van der Waals surface area (Å²) >= 11 is 0. The van der Waals surface area contributed by atoms with Gasteiger partial charge in [0.1, 0.15) is 6.54 Å². The summed E-state index contributed by atoms with van der Waals surface area (Å²) in [5.41, 5.74) is 0.748. The van der Waals surface area contributed by atoms with Gasteiger partial charge in [0.05, 0.1) is 11.9 Å². The lowest BCUT2D eigenvalue weighted by atomic mass is 9.95. The number of sulfonamides is 1. The average molecular weight is 364 g/mol. The molecule has 0 radical (unpaired) electrons. The van der Waals surface area contributed by atoms with Crippen LogP contribution in [0.2, 0.25) is 0 Å². The molecule has 1 N–H and O–H groups in total. The maximum atomic E-state index is 12.4. The van der Waals surface area contributed by atoms with Crippen LogP contribution in [0.25, 0.3) is 0 Å². The van der Waals surface area contributed by atoms with Crippen molar-refractivity contribution in [1.29, 1.82) is 0 Å². The van der Waals surface area contributed by atoms with E-state index in [1.807, 2.05) is 0 Å². The van der Waals surface area contributed by atoms with Crippen LogP contribution in [0, 0.1) is 11.8 Å². The lowest BCUT2D eigenvalue weighted by molar-refractivity contribution is -0.120. The molecule has 2 saturated carbocycles. The number of amides is 1. The Balaban J connectivity index is 1.74. The number of Topliss-reactive ketones (excluding diaryl/α,β-unsaturated/α-hetero) is 1. The van der Waals surface area contributed by atoms with Crippen molar-refractivity contribution in [3.63, 3.8) is 0 Å². The van der Waals surface area contributed by atoms with Crippen molar-refractivity contribution in [1.82, 2.24) is 5.32 Å². The van der Waals surface area contributed by atoms with Crippen LogP contribution in [0.5, 0.6) is 0 Å². The maximum Gasteiger partial charge on any atom is 0.241 e. The topological polar surface area (TPSA) is 83.6 Å². The Morgan fingerprint density at radius 2 is 2.00 bits per heavy atom. The maximum absolute atomic E-state index is 12.4. The zero-order chi connectivity index (χ0) is 18.2. The Kier molecular flexibility index (Phi) is 4.86. The molecule has 6 nitrogen and oxygen atoms in total. The fourth-order valence-electron chi connectivity index (χ4n) is 4.08. The van der Waals surface area contributed by atoms with E-state index in [-0.39, 0.29) is 24.3 Å². The van der Waals surface area contributed by atoms with E-state index in [9.17, 15) is 18.0 Å². The Labute approximate surface area is 148 Å². The van der Waals surface area contributed by atoms with Crippen LogP contribution in [0.15, 0.2) is 24.3 Å². The monoisotopic (exact) mass is 364 g/mol. The minimum Gasteiger partial charge on any atom is -0.352 e. The number of carbonyl (C=O) groups excluding carboxylic acids is 2. The third kappa shape index (κ3) is 4.03. The fraction of sp³-hybridized carbons (Fsp3) is 0.556. The summed E-state index contributed by atoms with van der Waals surface area (Å²) in [7, 11) is -3.64. The highest BCUT2D eigenvalue weighted by Crippen LogP contribution is 2.44. The molecule has 1 amide bonds. The van der Waals surface area contributed by atoms with Gasteiger partial charge in [-0.1, -0.05) is 18.6 Å². The summed E-state index contributed by atoms with van der Waals surface area (Å²) < 4.78 is 25.4. The first-order valence-corrected chi connectivity index (χ1v) is 10.5. The SMILES string of the molecule is CC(=O)c1cccc(N(CC(=O)N[C@H]2C[C@H]3CC[C@@H]2C3)S(C)(=O)=O)c1. The van der Waals surface area contributed by atoms with Gasteiger partial charge in [-0.25, -0.2) is 8.42 Å². The average Bonchev–Trinajstić information content (AvgIpc) is 3.14. The number of rotatable bonds is 6. The summed E-state index contributed by atoms with van der Waals surface area (Å²) in [5.74, 6) is 0.785. The molecular weight excluding hydrogens is 340 g/mol. The van der Waals surface area contributed by atoms with E-state index in [1.165, 1.54) is 25.8 Å². The van der Waals surface area contributed by atoms with Gasteiger partial charge in [0.25, 0.3) is 0 Å². The van der Waals surface area contributed by atoms with Crippen LogP contribution in [0.1, 0.15) is 43.0 Å². The van der Waals surface area contributed by atoms with E-state index in [0.29, 0.717) is 23.1 Å². The van der Waals surface area contributed by atoms with Gasteiger partial charge in [0, 0.05) is 11.6 Å². The van der Waals surface area contributed by atoms with Crippen molar-refractivity contribution in [3.8, 4) is 0 Å². The zero-order valence-corrected chi connectivity index (χ0v) is 15.4. The van der Waals surface area contributed by atoms with Crippen molar-refractivity contribution in [2.24, 2.45) is 11.8 Å². The Morgan fingerprint density at radius 1 is 1.24 bits per heavy atom. The largest absolute Gasteiger partial charge is 0.352 e. The number of hydrogen-bond donors (Lipinski definition) is 1. The molecule has 3 rings (SSSR count). The molecule has 7 heteroatoms. The number of nitrogens with one attached hydrogen (secondary N) is 1. The van der Waals surface area contributed by atoms with E-state index >= 15 is 0 Å². The van der Waals surface area contributed by atoms with E-state index < -0.39 is 10.0 Å². The lowest BCUT2D eigenvalue weighted by Crippen LogP contribution is -2.45. The molecule has 2 bridgehead atoms. The van der Waals surface area contributed by atoms with Crippen LogP contribution < -0.4 is 9.62 Å². The highest BCUT2D eigenvalue weighted by Gasteiger charge is 2.40. The molecule has 0 unspecified atom stereocenters. The first-order chi connectivity index (χ1) is 11.7. The molecule has 0 aromatic heterocycles. The van der Waals surface area contributed by atoms with E-state index in [4.69, 9.17) is 0 Å². The molecule has 0 heterocycles. The first kappa shape index (κ1) is 17.9. The predicted molar refractivity (Wildman–Crippen MR) is 96.0 cm³/mol. The second-order valence-corrected chi connectivity index (χ2v) is 9.13. The van der Waals surface area contributed by atoms with Gasteiger partial charge in [0.15, 0.2) is 5.78 Å². The number of anilines is 1. The third-order valence-corrected chi connectivity index (χ3v) is 6.45. The summed E-state index contributed by atoms with van der Waals surface area (Å²) in [4.78, 5) is 24.0. The number of ketones is 1. The summed E-state index contributed by atoms with van der Waals surface area (Å²) in [6, 6.07) is 6.52. The molecule has 0 saturated heterocycles. The van der Waals surface area contributed by atoms with Crippen LogP contribution in [-0.2, 0) is 14.8 Å². The third-order valence-electron chi connectivity index (χ3n) is 5.31. The number of carbonyl (C=O) groups is 2. The molecule has 1 aromatic carbocycles. The molecular formula is C18H24N2O4S. The highest BCUT2D eigenvalue weighted by molar-refractivity contribution is 7.92. The van der Waals surface area contributed by atoms with Gasteiger partial charge in [0.2, 0.25) is 15.9 Å². The lowest BCUT2D eigenvalue weighted by Gasteiger charge is -2.26. The summed E-state index contributed by atoms with van der Waals surface area (Å²) in [6.07, 6.45) is 5.62. The van der Waals surface area contributed by atoms with Gasteiger partial charge in [-0.3, -0.25) is 13.9 Å². The van der Waals surface area contributed by atoms with E-state index in [0.717, 1.165) is 23.4 Å². The molecule has 0 aliphatic heterocycles. The highest BCUT2D eigenvalue weighted by atomic mass is 32.2. The van der Waals surface area contributed by atoms with Crippen molar-refractivity contribution < 1.29 is 18.0 Å². The molecule has 25 heavy (non-hydrogen) atoms. The quantitative estimate of drug-likeness (QED) is 0.782. The minimum absolute atomic E-state index is 0.151. The van der Waals surface area contributed by atoms with Gasteiger partial charge in [-0.15, -0.1) is 0 Å². The van der Waals surface area contributed by atoms with Crippen LogP contribution in [0.4, 0.5) is 5.69 Å². The number of nitrogens with zero attached hydrogens (tertiary/aromatic N) is 1. The van der Waals surface area contributed by atoms with Gasteiger partial charge in [-0.05, 0) is 50.2 Å². The Bertz CT molecular complexity index is 790. The number of benzene rings is 1. The molecule has 2 fully saturated rings. The summed E-state index contributed by atoms with van der Waals surface area (Å²) in [6.45, 7) is 1.15. The zero-order valence-electron chi connectivity index (χ0n) is 14.6. The summed E-state index contributed by atoms with van der Waals surface area (Å²) in [5, 5.41) is 3.01. The predicted octanol–water partition coefficient (Wildman–Crippen LogP) is 1.96. The normalized spacial score (nSPS) is 25.0. The van der Waals surface area contributed by atoms with Crippen LogP contribution in [-0.4, -0.2) is 39.0 Å². The van der Waals surface area contributed by atoms with Crippen LogP contribution >= 0.6 is 0 Å². The van der Waals surface area contributed by atoms with Crippen molar-refractivity contribution in [3.05, 3.63) is 29.8 Å². The van der Waals surface area contributed by atoms with E-state index in [1.54, 1.807) is 18.2 Å². The fourth-order valence-corrected chi connectivity index (χ4v) is 4.93. The minimum atomic E-state index is -3.64. The molecule has 2 aliphatic carbocycles. The molecule has 136 valence electrons. The van der Waals surface area contributed by atoms with Gasteiger partial charge < -0.3 is 5.32 Å². The van der Waals surface area contributed by atoms with Crippen LogP contribution in [0.3, 0.4) is 0 Å². The van der Waals surface area contributed by atoms with Crippen molar-refractivity contribution in [2.75, 3.05) is 17.1 Å². The standard InChI is InChI=1S/C18H24N2O4S/c1-12(21)14-4-3-5-16(10-14)20(25(2,23)24)11-18(22)19-17-9-13-6-7-15(17)8-13/h3-5,10,13,15,17H,6-9,11H2,1-2H3,(H,19,22)/t13-,15+,17-/m0/s1. The molecule has 2 aliphatic rings. The molecule has 1 aromatic rings. The Hall–Kier alpha value is -1.89. The van der Waals surface area contributed by atoms with Gasteiger partial charge >= 0.3 is 0 Å². The molecule has 0 spiro atoms. The number of hydrogen-bond acceptors (Lipinski definition) is 4. The first-order valence-electron chi connectivity index (χ1n) is 8.62. The second kappa shape index (κ2) is 6.78. The van der Waals surface area contributed by atoms with Crippen molar-refractivity contribution in [2.45, 2.75) is 38.6 Å². The molecule has 3 atom stereocenters. The number of fused-ring (bicyclic) bond motifs is 2. The Morgan fingerprint density at radius 3 is 2.56 bits per heavy atom. The van der Waals surface area contributed by atoms with Gasteiger partial charge in [-0.2, -0.15) is 0 Å². The smallest absolute Gasteiger partial charge is 0.241 e. The second-order valence-electron chi connectivity index (χ2n) is 7.23.